The standard InChI is InChI=1S/C22H18F6N2O4/c1-11(31)17(19(29)33)18(12(2)32)20(34)30(15-7-3-13(4-8-15)21(23,24)25)16-9-5-14(6-10-16)22(26,27)28/h3-10,17-18H,1-2H3,(H2,29,33). The number of anilines is 2. The van der Waals surface area contributed by atoms with Crippen LogP contribution in [0.2, 0.25) is 0 Å². The van der Waals surface area contributed by atoms with Gasteiger partial charge in [0.2, 0.25) is 11.8 Å². The third-order valence-corrected chi connectivity index (χ3v) is 4.91. The van der Waals surface area contributed by atoms with Crippen LogP contribution in [0.15, 0.2) is 48.5 Å². The number of carbonyl (C=O) groups is 4. The third kappa shape index (κ3) is 5.80. The van der Waals surface area contributed by atoms with E-state index in [1.807, 2.05) is 0 Å². The van der Waals surface area contributed by atoms with Gasteiger partial charge in [-0.3, -0.25) is 24.1 Å². The summed E-state index contributed by atoms with van der Waals surface area (Å²) < 4.78 is 77.7. The molecule has 0 bridgehead atoms. The second-order valence-electron chi connectivity index (χ2n) is 7.34. The zero-order valence-electron chi connectivity index (χ0n) is 17.7. The Balaban J connectivity index is 2.69. The Hall–Kier alpha value is -3.70. The molecule has 34 heavy (non-hydrogen) atoms. The summed E-state index contributed by atoms with van der Waals surface area (Å²) in [5.74, 6) is -8.24. The number of halogens is 6. The summed E-state index contributed by atoms with van der Waals surface area (Å²) in [6, 6.07) is 5.95. The van der Waals surface area contributed by atoms with Crippen molar-refractivity contribution in [1.82, 2.24) is 0 Å². The predicted octanol–water partition coefficient (Wildman–Crippen LogP) is 4.28. The molecule has 0 aliphatic heterocycles. The van der Waals surface area contributed by atoms with Gasteiger partial charge in [0, 0.05) is 11.4 Å². The highest BCUT2D eigenvalue weighted by Crippen LogP contribution is 2.36. The van der Waals surface area contributed by atoms with Gasteiger partial charge in [-0.15, -0.1) is 0 Å². The lowest BCUT2D eigenvalue weighted by Crippen LogP contribution is -2.47. The summed E-state index contributed by atoms with van der Waals surface area (Å²) >= 11 is 0. The Morgan fingerprint density at radius 1 is 0.676 bits per heavy atom. The van der Waals surface area contributed by atoms with Crippen LogP contribution in [0.1, 0.15) is 25.0 Å². The zero-order chi connectivity index (χ0) is 26.0. The zero-order valence-corrected chi connectivity index (χ0v) is 17.7. The SMILES string of the molecule is CC(=O)C(C(N)=O)C(C(C)=O)C(=O)N(c1ccc(C(F)(F)F)cc1)c1ccc(C(F)(F)F)cc1. The molecule has 0 heterocycles. The van der Waals surface area contributed by atoms with Crippen molar-refractivity contribution in [3.8, 4) is 0 Å². The molecule has 0 aromatic heterocycles. The number of Topliss-reactive ketones (excluding diaryl/α,β-unsaturated/α-hetero) is 2. The van der Waals surface area contributed by atoms with Gasteiger partial charge in [-0.1, -0.05) is 0 Å². The molecule has 0 aliphatic carbocycles. The number of nitrogens with two attached hydrogens (primary N) is 1. The van der Waals surface area contributed by atoms with E-state index in [9.17, 15) is 45.5 Å². The van der Waals surface area contributed by atoms with Crippen molar-refractivity contribution in [3.63, 3.8) is 0 Å². The van der Waals surface area contributed by atoms with Gasteiger partial charge in [-0.25, -0.2) is 0 Å². The van der Waals surface area contributed by atoms with E-state index < -0.39 is 58.7 Å². The van der Waals surface area contributed by atoms with E-state index in [2.05, 4.69) is 0 Å². The third-order valence-electron chi connectivity index (χ3n) is 4.91. The fourth-order valence-electron chi connectivity index (χ4n) is 3.29. The van der Waals surface area contributed by atoms with Gasteiger partial charge in [0.25, 0.3) is 0 Å². The van der Waals surface area contributed by atoms with E-state index in [0.717, 1.165) is 38.1 Å². The van der Waals surface area contributed by atoms with Crippen LogP contribution < -0.4 is 10.6 Å². The molecule has 0 spiro atoms. The second kappa shape index (κ2) is 9.65. The smallest absolute Gasteiger partial charge is 0.369 e. The molecule has 0 saturated carbocycles. The van der Waals surface area contributed by atoms with Gasteiger partial charge in [0.1, 0.15) is 23.4 Å². The number of hydrogen-bond donors (Lipinski definition) is 1. The molecule has 2 N–H and O–H groups in total. The van der Waals surface area contributed by atoms with Crippen LogP contribution in [0, 0.1) is 11.8 Å². The molecule has 2 amide bonds. The minimum absolute atomic E-state index is 0.254. The van der Waals surface area contributed by atoms with Gasteiger partial charge in [-0.05, 0) is 62.4 Å². The van der Waals surface area contributed by atoms with Crippen LogP contribution in [-0.4, -0.2) is 23.4 Å². The fourth-order valence-corrected chi connectivity index (χ4v) is 3.29. The summed E-state index contributed by atoms with van der Waals surface area (Å²) in [7, 11) is 0. The Morgan fingerprint density at radius 2 is 1.00 bits per heavy atom. The van der Waals surface area contributed by atoms with Crippen molar-refractivity contribution >= 4 is 34.8 Å². The molecule has 2 aromatic carbocycles. The first-order chi connectivity index (χ1) is 15.6. The lowest BCUT2D eigenvalue weighted by molar-refractivity contribution is -0.144. The number of primary amides is 1. The first-order valence-electron chi connectivity index (χ1n) is 9.54. The maximum absolute atomic E-state index is 13.4. The number of nitrogens with zero attached hydrogens (tertiary/aromatic N) is 1. The van der Waals surface area contributed by atoms with Crippen LogP contribution in [0.25, 0.3) is 0 Å². The van der Waals surface area contributed by atoms with Crippen molar-refractivity contribution in [2.24, 2.45) is 17.6 Å². The van der Waals surface area contributed by atoms with Crippen LogP contribution >= 0.6 is 0 Å². The van der Waals surface area contributed by atoms with Crippen LogP contribution in [0.4, 0.5) is 37.7 Å². The number of ketones is 2. The number of alkyl halides is 6. The van der Waals surface area contributed by atoms with E-state index in [-0.39, 0.29) is 11.4 Å². The van der Waals surface area contributed by atoms with Crippen molar-refractivity contribution < 1.29 is 45.5 Å². The van der Waals surface area contributed by atoms with Gasteiger partial charge in [0.05, 0.1) is 11.1 Å². The molecule has 182 valence electrons. The largest absolute Gasteiger partial charge is 0.416 e. The molecule has 0 aliphatic rings. The predicted molar refractivity (Wildman–Crippen MR) is 108 cm³/mol. The van der Waals surface area contributed by atoms with E-state index in [1.165, 1.54) is 0 Å². The fraction of sp³-hybridized carbons (Fsp3) is 0.273. The Morgan fingerprint density at radius 3 is 1.24 bits per heavy atom. The molecule has 2 aromatic rings. The Labute approximate surface area is 189 Å². The monoisotopic (exact) mass is 488 g/mol. The summed E-state index contributed by atoms with van der Waals surface area (Å²) in [6.45, 7) is 1.82. The maximum atomic E-state index is 13.4. The average molecular weight is 488 g/mol. The summed E-state index contributed by atoms with van der Waals surface area (Å²) in [4.78, 5) is 50.1. The minimum Gasteiger partial charge on any atom is -0.369 e. The molecule has 12 heteroatoms. The number of hydrogen-bond acceptors (Lipinski definition) is 4. The number of carbonyl (C=O) groups excluding carboxylic acids is 4. The van der Waals surface area contributed by atoms with Crippen LogP contribution in [0.3, 0.4) is 0 Å². The highest BCUT2D eigenvalue weighted by molar-refractivity contribution is 6.17. The highest BCUT2D eigenvalue weighted by Gasteiger charge is 2.42. The van der Waals surface area contributed by atoms with Crippen LogP contribution in [0.5, 0.6) is 0 Å². The topological polar surface area (TPSA) is 97.5 Å². The van der Waals surface area contributed by atoms with Gasteiger partial charge in [0.15, 0.2) is 0 Å². The average Bonchev–Trinajstić information content (AvgIpc) is 2.70. The van der Waals surface area contributed by atoms with Crippen molar-refractivity contribution in [3.05, 3.63) is 59.7 Å². The summed E-state index contributed by atoms with van der Waals surface area (Å²) in [5.41, 5.74) is 2.54. The Bertz CT molecular complexity index is 1020. The number of rotatable bonds is 7. The van der Waals surface area contributed by atoms with Gasteiger partial charge >= 0.3 is 12.4 Å². The van der Waals surface area contributed by atoms with Crippen molar-refractivity contribution in [2.75, 3.05) is 4.90 Å². The molecule has 2 rings (SSSR count). The van der Waals surface area contributed by atoms with E-state index >= 15 is 0 Å². The summed E-state index contributed by atoms with van der Waals surface area (Å²) in [5, 5.41) is 0. The molecular weight excluding hydrogens is 470 g/mol. The molecule has 2 unspecified atom stereocenters. The van der Waals surface area contributed by atoms with E-state index in [1.54, 1.807) is 0 Å². The first kappa shape index (κ1) is 26.6. The highest BCUT2D eigenvalue weighted by atomic mass is 19.4. The lowest BCUT2D eigenvalue weighted by atomic mass is 9.84. The Kier molecular flexibility index (Phi) is 7.54. The van der Waals surface area contributed by atoms with Gasteiger partial charge in [-0.2, -0.15) is 26.3 Å². The number of amides is 2. The molecular formula is C22H18F6N2O4. The van der Waals surface area contributed by atoms with E-state index in [4.69, 9.17) is 5.73 Å². The minimum atomic E-state index is -4.71. The number of benzene rings is 2. The molecule has 0 fully saturated rings. The van der Waals surface area contributed by atoms with E-state index in [0.29, 0.717) is 29.2 Å². The van der Waals surface area contributed by atoms with Gasteiger partial charge < -0.3 is 5.73 Å². The molecule has 0 saturated heterocycles. The molecule has 6 nitrogen and oxygen atoms in total. The first-order valence-corrected chi connectivity index (χ1v) is 9.54. The van der Waals surface area contributed by atoms with Crippen molar-refractivity contribution in [1.29, 1.82) is 0 Å². The maximum Gasteiger partial charge on any atom is 0.416 e. The summed E-state index contributed by atoms with van der Waals surface area (Å²) in [6.07, 6.45) is -9.43. The van der Waals surface area contributed by atoms with Crippen molar-refractivity contribution in [2.45, 2.75) is 26.2 Å². The normalized spacial score (nSPS) is 13.6. The quantitative estimate of drug-likeness (QED) is 0.465. The van der Waals surface area contributed by atoms with Crippen LogP contribution in [-0.2, 0) is 31.5 Å². The molecule has 2 atom stereocenters. The lowest BCUT2D eigenvalue weighted by Gasteiger charge is -2.29. The second-order valence-corrected chi connectivity index (χ2v) is 7.34. The molecule has 0 radical (unpaired) electrons.